The van der Waals surface area contributed by atoms with E-state index in [2.05, 4.69) is 4.90 Å². The first-order valence-corrected chi connectivity index (χ1v) is 6.75. The lowest BCUT2D eigenvalue weighted by Crippen LogP contribution is -2.61. The molecule has 2 heterocycles. The van der Waals surface area contributed by atoms with Crippen molar-refractivity contribution in [3.05, 3.63) is 0 Å². The van der Waals surface area contributed by atoms with E-state index >= 15 is 0 Å². The van der Waals surface area contributed by atoms with Crippen molar-refractivity contribution in [3.63, 3.8) is 0 Å². The van der Waals surface area contributed by atoms with Crippen LogP contribution in [0, 0.1) is 5.92 Å². The van der Waals surface area contributed by atoms with Gasteiger partial charge in [0.05, 0.1) is 0 Å². The number of carbonyl (C=O) groups is 1. The van der Waals surface area contributed by atoms with Gasteiger partial charge in [-0.2, -0.15) is 0 Å². The topological polar surface area (TPSA) is 32.8 Å². The average molecular weight is 238 g/mol. The highest BCUT2D eigenvalue weighted by atomic mass is 16.5. The van der Waals surface area contributed by atoms with Crippen LogP contribution >= 0.6 is 0 Å². The molecule has 3 aliphatic rings. The highest BCUT2D eigenvalue weighted by Gasteiger charge is 2.50. The Morgan fingerprint density at radius 2 is 2.12 bits per heavy atom. The summed E-state index contributed by atoms with van der Waals surface area (Å²) < 4.78 is 4.93. The van der Waals surface area contributed by atoms with Gasteiger partial charge in [0, 0.05) is 38.8 Å². The van der Waals surface area contributed by atoms with Crippen LogP contribution in [0.15, 0.2) is 0 Å². The van der Waals surface area contributed by atoms with E-state index in [0.717, 1.165) is 25.4 Å². The molecule has 17 heavy (non-hydrogen) atoms. The first-order valence-electron chi connectivity index (χ1n) is 6.75. The van der Waals surface area contributed by atoms with Crippen LogP contribution in [-0.2, 0) is 9.53 Å². The normalized spacial score (nSPS) is 33.1. The van der Waals surface area contributed by atoms with Crippen LogP contribution in [-0.4, -0.2) is 61.1 Å². The molecule has 0 aromatic heterocycles. The molecule has 2 saturated heterocycles. The van der Waals surface area contributed by atoms with Gasteiger partial charge in [0.1, 0.15) is 6.61 Å². The summed E-state index contributed by atoms with van der Waals surface area (Å²) in [6.45, 7) is 4.60. The van der Waals surface area contributed by atoms with Gasteiger partial charge < -0.3 is 9.64 Å². The summed E-state index contributed by atoms with van der Waals surface area (Å²) in [5.74, 6) is 1.11. The molecule has 4 nitrogen and oxygen atoms in total. The summed E-state index contributed by atoms with van der Waals surface area (Å²) in [5.41, 5.74) is 0.339. The van der Waals surface area contributed by atoms with Gasteiger partial charge in [-0.05, 0) is 31.6 Å². The predicted octanol–water partition coefficient (Wildman–Crippen LogP) is 0.720. The number of likely N-dealkylation sites (tertiary alicyclic amines) is 2. The Balaban J connectivity index is 1.56. The fraction of sp³-hybridized carbons (Fsp3) is 0.923. The van der Waals surface area contributed by atoms with Crippen molar-refractivity contribution < 1.29 is 9.53 Å². The molecule has 3 fully saturated rings. The second-order valence-electron chi connectivity index (χ2n) is 5.86. The minimum atomic E-state index is 0.155. The largest absolute Gasteiger partial charge is 0.375 e. The first kappa shape index (κ1) is 11.5. The minimum Gasteiger partial charge on any atom is -0.375 e. The summed E-state index contributed by atoms with van der Waals surface area (Å²) in [5, 5.41) is 0. The summed E-state index contributed by atoms with van der Waals surface area (Å²) in [6, 6.07) is 0. The quantitative estimate of drug-likeness (QED) is 0.723. The molecule has 0 N–H and O–H groups in total. The molecule has 3 rings (SSSR count). The molecule has 96 valence electrons. The zero-order valence-corrected chi connectivity index (χ0v) is 10.7. The van der Waals surface area contributed by atoms with Gasteiger partial charge in [-0.15, -0.1) is 0 Å². The number of hydrogen-bond acceptors (Lipinski definition) is 3. The van der Waals surface area contributed by atoms with Crippen molar-refractivity contribution in [2.24, 2.45) is 5.92 Å². The Hall–Kier alpha value is -0.610. The molecule has 1 aliphatic carbocycles. The Morgan fingerprint density at radius 1 is 1.35 bits per heavy atom. The molecular formula is C13H22N2O2. The molecule has 0 aromatic rings. The molecule has 2 aliphatic heterocycles. The first-order chi connectivity index (χ1) is 8.23. The number of amides is 1. The molecule has 4 heteroatoms. The van der Waals surface area contributed by atoms with Crippen LogP contribution < -0.4 is 0 Å². The van der Waals surface area contributed by atoms with Gasteiger partial charge in [-0.1, -0.05) is 0 Å². The molecule has 1 unspecified atom stereocenters. The van der Waals surface area contributed by atoms with E-state index in [1.807, 2.05) is 4.90 Å². The zero-order chi connectivity index (χ0) is 11.9. The van der Waals surface area contributed by atoms with Crippen LogP contribution in [0.25, 0.3) is 0 Å². The van der Waals surface area contributed by atoms with E-state index in [9.17, 15) is 4.79 Å². The monoisotopic (exact) mass is 238 g/mol. The molecule has 0 radical (unpaired) electrons. The number of nitrogens with zero attached hydrogens (tertiary/aromatic N) is 2. The van der Waals surface area contributed by atoms with Crippen LogP contribution in [0.2, 0.25) is 0 Å². The van der Waals surface area contributed by atoms with Gasteiger partial charge in [-0.25, -0.2) is 0 Å². The third-order valence-electron chi connectivity index (χ3n) is 4.65. The highest BCUT2D eigenvalue weighted by molar-refractivity contribution is 5.78. The second-order valence-corrected chi connectivity index (χ2v) is 5.86. The van der Waals surface area contributed by atoms with Crippen molar-refractivity contribution in [1.29, 1.82) is 0 Å². The van der Waals surface area contributed by atoms with E-state index in [0.29, 0.717) is 5.54 Å². The molecule has 1 amide bonds. The second kappa shape index (κ2) is 4.25. The lowest BCUT2D eigenvalue weighted by molar-refractivity contribution is -0.135. The molecule has 1 saturated carbocycles. The number of rotatable bonds is 4. The van der Waals surface area contributed by atoms with Crippen molar-refractivity contribution in [2.75, 3.05) is 39.9 Å². The number of carbonyl (C=O) groups excluding carboxylic acids is 1. The maximum atomic E-state index is 11.8. The van der Waals surface area contributed by atoms with Crippen molar-refractivity contribution in [1.82, 2.24) is 9.80 Å². The number of methoxy groups -OCH3 is 1. The van der Waals surface area contributed by atoms with E-state index in [-0.39, 0.29) is 12.5 Å². The Morgan fingerprint density at radius 3 is 2.71 bits per heavy atom. The Labute approximate surface area is 103 Å². The molecular weight excluding hydrogens is 216 g/mol. The van der Waals surface area contributed by atoms with Gasteiger partial charge in [0.25, 0.3) is 0 Å². The standard InChI is InChI=1S/C13H22N2O2/c1-17-9-12(16)14-6-4-13(10-14)5-7-15(13)8-11-2-3-11/h11H,2-10H2,1H3. The molecule has 0 bridgehead atoms. The fourth-order valence-electron chi connectivity index (χ4n) is 3.23. The maximum absolute atomic E-state index is 11.8. The van der Waals surface area contributed by atoms with E-state index in [1.165, 1.54) is 32.4 Å². The molecule has 0 aromatic carbocycles. The van der Waals surface area contributed by atoms with Gasteiger partial charge in [0.2, 0.25) is 5.91 Å². The van der Waals surface area contributed by atoms with E-state index in [1.54, 1.807) is 7.11 Å². The summed E-state index contributed by atoms with van der Waals surface area (Å²) in [4.78, 5) is 16.4. The van der Waals surface area contributed by atoms with Crippen LogP contribution in [0.1, 0.15) is 25.7 Å². The van der Waals surface area contributed by atoms with E-state index < -0.39 is 0 Å². The Kier molecular flexibility index (Phi) is 2.87. The van der Waals surface area contributed by atoms with Gasteiger partial charge in [-0.3, -0.25) is 9.69 Å². The molecule has 1 spiro atoms. The number of hydrogen-bond donors (Lipinski definition) is 0. The van der Waals surface area contributed by atoms with Gasteiger partial charge in [0.15, 0.2) is 0 Å². The Bertz CT molecular complexity index is 317. The summed E-state index contributed by atoms with van der Waals surface area (Å²) in [6.07, 6.45) is 5.27. The summed E-state index contributed by atoms with van der Waals surface area (Å²) in [7, 11) is 1.59. The lowest BCUT2D eigenvalue weighted by atomic mass is 9.83. The third-order valence-corrected chi connectivity index (χ3v) is 4.65. The maximum Gasteiger partial charge on any atom is 0.248 e. The number of ether oxygens (including phenoxy) is 1. The van der Waals surface area contributed by atoms with Gasteiger partial charge >= 0.3 is 0 Å². The minimum absolute atomic E-state index is 0.155. The van der Waals surface area contributed by atoms with Crippen LogP contribution in [0.3, 0.4) is 0 Å². The SMILES string of the molecule is COCC(=O)N1CCC2(CCN2CC2CC2)C1. The highest BCUT2D eigenvalue weighted by Crippen LogP contribution is 2.42. The van der Waals surface area contributed by atoms with Crippen LogP contribution in [0.4, 0.5) is 0 Å². The summed E-state index contributed by atoms with van der Waals surface area (Å²) >= 11 is 0. The van der Waals surface area contributed by atoms with Crippen molar-refractivity contribution >= 4 is 5.91 Å². The average Bonchev–Trinajstić information content (AvgIpc) is 3.00. The molecule has 1 atom stereocenters. The smallest absolute Gasteiger partial charge is 0.248 e. The van der Waals surface area contributed by atoms with Crippen molar-refractivity contribution in [2.45, 2.75) is 31.2 Å². The van der Waals surface area contributed by atoms with E-state index in [4.69, 9.17) is 4.74 Å². The van der Waals surface area contributed by atoms with Crippen LogP contribution in [0.5, 0.6) is 0 Å². The zero-order valence-electron chi connectivity index (χ0n) is 10.7. The third kappa shape index (κ3) is 2.08. The predicted molar refractivity (Wildman–Crippen MR) is 64.7 cm³/mol. The lowest BCUT2D eigenvalue weighted by Gasteiger charge is -2.51. The fourth-order valence-corrected chi connectivity index (χ4v) is 3.23. The van der Waals surface area contributed by atoms with Crippen molar-refractivity contribution in [3.8, 4) is 0 Å².